The molecular formula is C21H24N2O2. The van der Waals surface area contributed by atoms with Gasteiger partial charge in [-0.1, -0.05) is 54.6 Å². The molecule has 2 aliphatic heterocycles. The number of hydrogen-bond acceptors (Lipinski definition) is 3. The summed E-state index contributed by atoms with van der Waals surface area (Å²) in [5, 5.41) is 0. The molecule has 25 heavy (non-hydrogen) atoms. The van der Waals surface area contributed by atoms with Gasteiger partial charge >= 0.3 is 0 Å². The third kappa shape index (κ3) is 3.20. The Morgan fingerprint density at radius 1 is 1.00 bits per heavy atom. The normalized spacial score (nSPS) is 24.0. The number of morpholine rings is 1. The molecule has 0 N–H and O–H groups in total. The fourth-order valence-electron chi connectivity index (χ4n) is 3.93. The summed E-state index contributed by atoms with van der Waals surface area (Å²) in [6.07, 6.45) is 0.479. The van der Waals surface area contributed by atoms with Gasteiger partial charge in [-0.15, -0.1) is 0 Å². The minimum Gasteiger partial charge on any atom is -0.365 e. The predicted molar refractivity (Wildman–Crippen MR) is 97.1 cm³/mol. The maximum atomic E-state index is 13.3. The van der Waals surface area contributed by atoms with Crippen LogP contribution in [0.1, 0.15) is 22.7 Å². The van der Waals surface area contributed by atoms with Crippen LogP contribution in [0.15, 0.2) is 54.6 Å². The van der Waals surface area contributed by atoms with E-state index in [0.29, 0.717) is 13.2 Å². The lowest BCUT2D eigenvalue weighted by atomic mass is 9.95. The van der Waals surface area contributed by atoms with Crippen LogP contribution in [0.2, 0.25) is 0 Å². The molecule has 2 aliphatic rings. The van der Waals surface area contributed by atoms with E-state index in [1.807, 2.05) is 29.2 Å². The fourth-order valence-corrected chi connectivity index (χ4v) is 3.93. The zero-order chi connectivity index (χ0) is 17.2. The molecule has 130 valence electrons. The molecule has 4 nitrogen and oxygen atoms in total. The molecule has 0 radical (unpaired) electrons. The molecule has 2 atom stereocenters. The maximum Gasteiger partial charge on any atom is 0.254 e. The maximum absolute atomic E-state index is 13.3. The Kier molecular flexibility index (Phi) is 4.55. The van der Waals surface area contributed by atoms with Gasteiger partial charge in [-0.05, 0) is 30.2 Å². The third-order valence-electron chi connectivity index (χ3n) is 5.33. The molecule has 1 saturated heterocycles. The van der Waals surface area contributed by atoms with Crippen LogP contribution < -0.4 is 0 Å². The van der Waals surface area contributed by atoms with Crippen LogP contribution in [-0.2, 0) is 22.5 Å². The highest BCUT2D eigenvalue weighted by atomic mass is 16.5. The van der Waals surface area contributed by atoms with Crippen molar-refractivity contribution in [3.63, 3.8) is 0 Å². The summed E-state index contributed by atoms with van der Waals surface area (Å²) in [6, 6.07) is 18.6. The van der Waals surface area contributed by atoms with Crippen LogP contribution in [0, 0.1) is 0 Å². The van der Waals surface area contributed by atoms with Crippen molar-refractivity contribution in [2.24, 2.45) is 0 Å². The molecule has 1 amide bonds. The Hall–Kier alpha value is -2.17. The van der Waals surface area contributed by atoms with Crippen molar-refractivity contribution in [1.29, 1.82) is 0 Å². The lowest BCUT2D eigenvalue weighted by Crippen LogP contribution is -2.52. The Morgan fingerprint density at radius 3 is 2.52 bits per heavy atom. The van der Waals surface area contributed by atoms with Gasteiger partial charge in [-0.2, -0.15) is 0 Å². The molecule has 2 aromatic carbocycles. The fraction of sp³-hybridized carbons (Fsp3) is 0.381. The second kappa shape index (κ2) is 6.98. The van der Waals surface area contributed by atoms with Crippen molar-refractivity contribution in [2.45, 2.75) is 25.1 Å². The number of nitrogens with zero attached hydrogens (tertiary/aromatic N) is 2. The van der Waals surface area contributed by atoms with E-state index in [9.17, 15) is 4.79 Å². The number of benzene rings is 2. The zero-order valence-corrected chi connectivity index (χ0v) is 14.6. The molecule has 0 spiro atoms. The Morgan fingerprint density at radius 2 is 1.72 bits per heavy atom. The zero-order valence-electron chi connectivity index (χ0n) is 14.6. The quantitative estimate of drug-likeness (QED) is 0.845. The summed E-state index contributed by atoms with van der Waals surface area (Å²) < 4.78 is 5.99. The van der Waals surface area contributed by atoms with Crippen molar-refractivity contribution >= 4 is 5.91 Å². The summed E-state index contributed by atoms with van der Waals surface area (Å²) >= 11 is 0. The molecule has 4 rings (SSSR count). The number of amides is 1. The average molecular weight is 336 g/mol. The monoisotopic (exact) mass is 336 g/mol. The third-order valence-corrected chi connectivity index (χ3v) is 5.33. The first-order valence-electron chi connectivity index (χ1n) is 8.96. The largest absolute Gasteiger partial charge is 0.365 e. The molecule has 0 bridgehead atoms. The number of fused-ring (bicyclic) bond motifs is 1. The Balaban J connectivity index is 1.58. The summed E-state index contributed by atoms with van der Waals surface area (Å²) in [5.41, 5.74) is 3.75. The molecular weight excluding hydrogens is 312 g/mol. The molecule has 0 unspecified atom stereocenters. The number of carbonyl (C=O) groups is 1. The highest BCUT2D eigenvalue weighted by Gasteiger charge is 2.39. The van der Waals surface area contributed by atoms with E-state index >= 15 is 0 Å². The average Bonchev–Trinajstić information content (AvgIpc) is 2.67. The Labute approximate surface area is 149 Å². The van der Waals surface area contributed by atoms with Gasteiger partial charge in [0.15, 0.2) is 6.10 Å². The van der Waals surface area contributed by atoms with Crippen molar-refractivity contribution in [3.8, 4) is 0 Å². The van der Waals surface area contributed by atoms with Gasteiger partial charge in [0.05, 0.1) is 12.6 Å². The summed E-state index contributed by atoms with van der Waals surface area (Å²) in [5.74, 6) is 0.106. The molecule has 0 aromatic heterocycles. The minimum atomic E-state index is -0.439. The lowest BCUT2D eigenvalue weighted by molar-refractivity contribution is -0.156. The van der Waals surface area contributed by atoms with Crippen LogP contribution in [0.3, 0.4) is 0 Å². The highest BCUT2D eigenvalue weighted by molar-refractivity contribution is 5.82. The van der Waals surface area contributed by atoms with Crippen LogP contribution in [-0.4, -0.2) is 48.6 Å². The second-order valence-electron chi connectivity index (χ2n) is 6.91. The first-order valence-corrected chi connectivity index (χ1v) is 8.96. The highest BCUT2D eigenvalue weighted by Crippen LogP contribution is 2.30. The van der Waals surface area contributed by atoms with Gasteiger partial charge < -0.3 is 9.64 Å². The van der Waals surface area contributed by atoms with Crippen molar-refractivity contribution in [1.82, 2.24) is 9.80 Å². The summed E-state index contributed by atoms with van der Waals surface area (Å²) in [6.45, 7) is 2.88. The lowest BCUT2D eigenvalue weighted by Gasteiger charge is -2.41. The first kappa shape index (κ1) is 16.3. The first-order chi connectivity index (χ1) is 12.2. The number of likely N-dealkylation sites (N-methyl/N-ethyl adjacent to an activating group) is 1. The standard InChI is InChI=1S/C21H24N2O2/c1-22-13-14-25-20(19(22)17-8-3-2-4-9-17)21(24)23-12-11-16-7-5-6-10-18(16)15-23/h2-10,19-20H,11-15H2,1H3/t19-,20+/m0/s1. The molecule has 1 fully saturated rings. The van der Waals surface area contributed by atoms with E-state index in [-0.39, 0.29) is 11.9 Å². The topological polar surface area (TPSA) is 32.8 Å². The van der Waals surface area contributed by atoms with Crippen molar-refractivity contribution in [3.05, 3.63) is 71.3 Å². The van der Waals surface area contributed by atoms with Crippen LogP contribution >= 0.6 is 0 Å². The van der Waals surface area contributed by atoms with Crippen molar-refractivity contribution in [2.75, 3.05) is 26.7 Å². The molecule has 0 saturated carbocycles. The molecule has 2 aromatic rings. The van der Waals surface area contributed by atoms with Crippen molar-refractivity contribution < 1.29 is 9.53 Å². The summed E-state index contributed by atoms with van der Waals surface area (Å²) in [4.78, 5) is 17.5. The Bertz CT molecular complexity index is 747. The predicted octanol–water partition coefficient (Wildman–Crippen LogP) is 2.64. The van der Waals surface area contributed by atoms with Crippen LogP contribution in [0.4, 0.5) is 0 Å². The number of rotatable bonds is 2. The van der Waals surface area contributed by atoms with E-state index in [1.165, 1.54) is 11.1 Å². The summed E-state index contributed by atoms with van der Waals surface area (Å²) in [7, 11) is 2.08. The van der Waals surface area contributed by atoms with Gasteiger partial charge in [-0.3, -0.25) is 9.69 Å². The van der Waals surface area contributed by atoms with E-state index in [0.717, 1.165) is 25.1 Å². The second-order valence-corrected chi connectivity index (χ2v) is 6.91. The van der Waals surface area contributed by atoms with Gasteiger partial charge in [0, 0.05) is 19.6 Å². The minimum absolute atomic E-state index is 0.0281. The van der Waals surface area contributed by atoms with Crippen LogP contribution in [0.25, 0.3) is 0 Å². The van der Waals surface area contributed by atoms with E-state index in [2.05, 4.69) is 42.3 Å². The molecule has 0 aliphatic carbocycles. The molecule has 2 heterocycles. The van der Waals surface area contributed by atoms with Crippen LogP contribution in [0.5, 0.6) is 0 Å². The number of ether oxygens (including phenoxy) is 1. The van der Waals surface area contributed by atoms with E-state index in [4.69, 9.17) is 4.74 Å². The van der Waals surface area contributed by atoms with E-state index in [1.54, 1.807) is 0 Å². The van der Waals surface area contributed by atoms with Gasteiger partial charge in [0.2, 0.25) is 0 Å². The SMILES string of the molecule is CN1CCO[C@@H](C(=O)N2CCc3ccccc3C2)[C@@H]1c1ccccc1. The smallest absolute Gasteiger partial charge is 0.254 e. The van der Waals surface area contributed by atoms with Gasteiger partial charge in [0.1, 0.15) is 0 Å². The van der Waals surface area contributed by atoms with Gasteiger partial charge in [-0.25, -0.2) is 0 Å². The van der Waals surface area contributed by atoms with E-state index < -0.39 is 6.10 Å². The van der Waals surface area contributed by atoms with Gasteiger partial charge in [0.25, 0.3) is 5.91 Å². The number of carbonyl (C=O) groups excluding carboxylic acids is 1. The molecule has 4 heteroatoms. The number of hydrogen-bond donors (Lipinski definition) is 0.